The van der Waals surface area contributed by atoms with Crippen LogP contribution in [0.5, 0.6) is 11.8 Å². The van der Waals surface area contributed by atoms with E-state index >= 15 is 0 Å². The minimum absolute atomic E-state index is 0.0843. The largest absolute Gasteiger partial charge is 0.468 e. The molecule has 2 aromatic heterocycles. The topological polar surface area (TPSA) is 73.3 Å². The van der Waals surface area contributed by atoms with Crippen molar-refractivity contribution in [2.24, 2.45) is 0 Å². The molecule has 0 aliphatic heterocycles. The second-order valence-corrected chi connectivity index (χ2v) is 6.11. The van der Waals surface area contributed by atoms with Crippen LogP contribution in [0.3, 0.4) is 0 Å². The van der Waals surface area contributed by atoms with Gasteiger partial charge in [0.25, 0.3) is 0 Å². The third-order valence-corrected chi connectivity index (χ3v) is 3.71. The van der Waals surface area contributed by atoms with Gasteiger partial charge in [-0.15, -0.1) is 0 Å². The van der Waals surface area contributed by atoms with Crippen molar-refractivity contribution in [1.82, 2.24) is 9.97 Å². The second-order valence-electron chi connectivity index (χ2n) is 5.67. The van der Waals surface area contributed by atoms with Crippen molar-refractivity contribution in [1.29, 1.82) is 0 Å². The Labute approximate surface area is 168 Å². The molecule has 0 spiro atoms. The van der Waals surface area contributed by atoms with Crippen LogP contribution in [0.25, 0.3) is 11.1 Å². The number of ether oxygens (including phenoxy) is 2. The molecular weight excluding hydrogens is 411 g/mol. The Morgan fingerprint density at radius 2 is 1.86 bits per heavy atom. The molecule has 3 rings (SSSR count). The van der Waals surface area contributed by atoms with Crippen molar-refractivity contribution in [3.8, 4) is 22.9 Å². The lowest BCUT2D eigenvalue weighted by Crippen LogP contribution is -2.20. The number of anilines is 1. The van der Waals surface area contributed by atoms with Gasteiger partial charge in [0.15, 0.2) is 6.61 Å². The van der Waals surface area contributed by atoms with Gasteiger partial charge in [-0.25, -0.2) is 14.8 Å². The van der Waals surface area contributed by atoms with Crippen LogP contribution >= 0.6 is 11.6 Å². The first kappa shape index (κ1) is 20.4. The standard InChI is InChI=1S/C19H13ClF3N3O3/c20-13-6-4-12(5-7-13)15-9-14(10-25-17(15)28-11-19(21,22)23)26-18(27)29-16-3-1-2-8-24-16/h1-10H,11H2,(H,26,27). The molecule has 10 heteroatoms. The zero-order chi connectivity index (χ0) is 20.9. The van der Waals surface area contributed by atoms with Crippen LogP contribution in [0.4, 0.5) is 23.7 Å². The first-order valence-electron chi connectivity index (χ1n) is 8.15. The molecule has 29 heavy (non-hydrogen) atoms. The molecule has 0 aliphatic rings. The number of carbonyl (C=O) groups is 1. The summed E-state index contributed by atoms with van der Waals surface area (Å²) in [5.41, 5.74) is 0.928. The maximum absolute atomic E-state index is 12.5. The highest BCUT2D eigenvalue weighted by Crippen LogP contribution is 2.32. The summed E-state index contributed by atoms with van der Waals surface area (Å²) in [4.78, 5) is 19.8. The summed E-state index contributed by atoms with van der Waals surface area (Å²) >= 11 is 5.86. The summed E-state index contributed by atoms with van der Waals surface area (Å²) in [6.45, 7) is -1.50. The van der Waals surface area contributed by atoms with E-state index in [-0.39, 0.29) is 23.0 Å². The predicted octanol–water partition coefficient (Wildman–Crippen LogP) is 5.35. The molecule has 0 unspecified atom stereocenters. The van der Waals surface area contributed by atoms with Crippen molar-refractivity contribution in [2.45, 2.75) is 6.18 Å². The van der Waals surface area contributed by atoms with Crippen molar-refractivity contribution in [3.63, 3.8) is 0 Å². The monoisotopic (exact) mass is 423 g/mol. The average Bonchev–Trinajstić information content (AvgIpc) is 2.67. The SMILES string of the molecule is O=C(Nc1cnc(OCC(F)(F)F)c(-c2ccc(Cl)cc2)c1)Oc1ccccn1. The summed E-state index contributed by atoms with van der Waals surface area (Å²) in [5.74, 6) is -0.158. The van der Waals surface area contributed by atoms with Gasteiger partial charge in [-0.2, -0.15) is 13.2 Å². The maximum Gasteiger partial charge on any atom is 0.422 e. The molecule has 1 N–H and O–H groups in total. The Morgan fingerprint density at radius 1 is 1.10 bits per heavy atom. The molecule has 1 amide bonds. The van der Waals surface area contributed by atoms with E-state index in [1.165, 1.54) is 18.3 Å². The van der Waals surface area contributed by atoms with E-state index < -0.39 is 18.9 Å². The van der Waals surface area contributed by atoms with Crippen molar-refractivity contribution < 1.29 is 27.4 Å². The molecular formula is C19H13ClF3N3O3. The van der Waals surface area contributed by atoms with Crippen LogP contribution in [0.2, 0.25) is 5.02 Å². The number of pyridine rings is 2. The lowest BCUT2D eigenvalue weighted by Gasteiger charge is -2.14. The predicted molar refractivity (Wildman–Crippen MR) is 100 cm³/mol. The zero-order valence-electron chi connectivity index (χ0n) is 14.6. The van der Waals surface area contributed by atoms with Gasteiger partial charge in [0.1, 0.15) is 0 Å². The molecule has 1 aromatic carbocycles. The molecule has 150 valence electrons. The number of nitrogens with one attached hydrogen (secondary N) is 1. The smallest absolute Gasteiger partial charge is 0.422 e. The lowest BCUT2D eigenvalue weighted by molar-refractivity contribution is -0.154. The fourth-order valence-electron chi connectivity index (χ4n) is 2.27. The number of halogens is 4. The molecule has 0 atom stereocenters. The molecule has 0 fully saturated rings. The minimum atomic E-state index is -4.53. The van der Waals surface area contributed by atoms with E-state index in [1.54, 1.807) is 36.4 Å². The molecule has 3 aromatic rings. The van der Waals surface area contributed by atoms with Crippen LogP contribution in [-0.4, -0.2) is 28.8 Å². The zero-order valence-corrected chi connectivity index (χ0v) is 15.4. The Bertz CT molecular complexity index is 983. The highest BCUT2D eigenvalue weighted by molar-refractivity contribution is 6.30. The molecule has 0 saturated heterocycles. The molecule has 0 radical (unpaired) electrons. The minimum Gasteiger partial charge on any atom is -0.468 e. The Morgan fingerprint density at radius 3 is 2.52 bits per heavy atom. The molecule has 0 aliphatic carbocycles. The first-order chi connectivity index (χ1) is 13.8. The summed E-state index contributed by atoms with van der Waals surface area (Å²) in [5, 5.41) is 2.90. The summed E-state index contributed by atoms with van der Waals surface area (Å²) in [6.07, 6.45) is -2.75. The van der Waals surface area contributed by atoms with Gasteiger partial charge in [0.05, 0.1) is 11.9 Å². The van der Waals surface area contributed by atoms with E-state index in [9.17, 15) is 18.0 Å². The highest BCUT2D eigenvalue weighted by Gasteiger charge is 2.29. The number of hydrogen-bond acceptors (Lipinski definition) is 5. The normalized spacial score (nSPS) is 11.0. The molecule has 2 heterocycles. The van der Waals surface area contributed by atoms with Gasteiger partial charge >= 0.3 is 12.3 Å². The van der Waals surface area contributed by atoms with Crippen LogP contribution in [0.1, 0.15) is 0 Å². The van der Waals surface area contributed by atoms with Crippen molar-refractivity contribution in [3.05, 3.63) is 65.9 Å². The van der Waals surface area contributed by atoms with E-state index in [0.29, 0.717) is 10.6 Å². The quantitative estimate of drug-likeness (QED) is 0.599. The van der Waals surface area contributed by atoms with Gasteiger partial charge in [-0.1, -0.05) is 29.8 Å². The Kier molecular flexibility index (Phi) is 6.18. The van der Waals surface area contributed by atoms with Crippen LogP contribution < -0.4 is 14.8 Å². The molecule has 6 nitrogen and oxygen atoms in total. The van der Waals surface area contributed by atoms with E-state index in [4.69, 9.17) is 21.1 Å². The van der Waals surface area contributed by atoms with E-state index in [2.05, 4.69) is 15.3 Å². The van der Waals surface area contributed by atoms with Crippen LogP contribution in [-0.2, 0) is 0 Å². The number of alkyl halides is 3. The Balaban J connectivity index is 1.84. The Hall–Kier alpha value is -3.33. The van der Waals surface area contributed by atoms with E-state index in [1.807, 2.05) is 0 Å². The summed E-state index contributed by atoms with van der Waals surface area (Å²) in [6, 6.07) is 12.5. The van der Waals surface area contributed by atoms with Gasteiger partial charge < -0.3 is 9.47 Å². The lowest BCUT2D eigenvalue weighted by atomic mass is 10.1. The van der Waals surface area contributed by atoms with Gasteiger partial charge in [0, 0.05) is 22.8 Å². The maximum atomic E-state index is 12.5. The number of hydrogen-bond donors (Lipinski definition) is 1. The fraction of sp³-hybridized carbons (Fsp3) is 0.105. The first-order valence-corrected chi connectivity index (χ1v) is 8.53. The molecule has 0 saturated carbocycles. The number of benzene rings is 1. The van der Waals surface area contributed by atoms with Crippen LogP contribution in [0.15, 0.2) is 60.9 Å². The summed E-state index contributed by atoms with van der Waals surface area (Å²) < 4.78 is 47.4. The average molecular weight is 424 g/mol. The summed E-state index contributed by atoms with van der Waals surface area (Å²) in [7, 11) is 0. The number of nitrogens with zero attached hydrogens (tertiary/aromatic N) is 2. The van der Waals surface area contributed by atoms with Gasteiger partial charge in [-0.05, 0) is 29.8 Å². The van der Waals surface area contributed by atoms with Crippen molar-refractivity contribution >= 4 is 23.4 Å². The number of amides is 1. The van der Waals surface area contributed by atoms with Gasteiger partial charge in [0.2, 0.25) is 11.8 Å². The molecule has 0 bridgehead atoms. The number of carbonyl (C=O) groups excluding carboxylic acids is 1. The van der Waals surface area contributed by atoms with Crippen LogP contribution in [0, 0.1) is 0 Å². The van der Waals surface area contributed by atoms with Gasteiger partial charge in [-0.3, -0.25) is 5.32 Å². The number of rotatable bonds is 5. The van der Waals surface area contributed by atoms with Crippen molar-refractivity contribution in [2.75, 3.05) is 11.9 Å². The third-order valence-electron chi connectivity index (χ3n) is 3.46. The number of aromatic nitrogens is 2. The highest BCUT2D eigenvalue weighted by atomic mass is 35.5. The second kappa shape index (κ2) is 8.78. The third kappa shape index (κ3) is 6.08. The van der Waals surface area contributed by atoms with E-state index in [0.717, 1.165) is 6.20 Å². The fourth-order valence-corrected chi connectivity index (χ4v) is 2.39.